The van der Waals surface area contributed by atoms with Crippen LogP contribution in [0.15, 0.2) is 24.3 Å². The molecule has 0 fully saturated rings. The standard InChI is InChI=1S/C8H11NO2S/c1-7-3-5-8(6-4-7)9-12(10)11-2/h3-6,9H,1-2H3. The molecule has 3 nitrogen and oxygen atoms in total. The average molecular weight is 185 g/mol. The number of nitrogens with one attached hydrogen (secondary N) is 1. The van der Waals surface area contributed by atoms with E-state index in [9.17, 15) is 4.21 Å². The molecule has 1 atom stereocenters. The second-order valence-corrected chi connectivity index (χ2v) is 3.38. The maximum atomic E-state index is 10.8. The van der Waals surface area contributed by atoms with Crippen LogP contribution >= 0.6 is 0 Å². The Morgan fingerprint density at radius 3 is 2.42 bits per heavy atom. The lowest BCUT2D eigenvalue weighted by atomic mass is 10.2. The Bertz CT molecular complexity index is 271. The average Bonchev–Trinajstić information content (AvgIpc) is 2.09. The van der Waals surface area contributed by atoms with Crippen molar-refractivity contribution in [3.05, 3.63) is 29.8 Å². The van der Waals surface area contributed by atoms with Gasteiger partial charge in [-0.1, -0.05) is 17.7 Å². The highest BCUT2D eigenvalue weighted by Gasteiger charge is 1.95. The van der Waals surface area contributed by atoms with Gasteiger partial charge in [0.05, 0.1) is 7.11 Å². The monoisotopic (exact) mass is 185 g/mol. The summed E-state index contributed by atoms with van der Waals surface area (Å²) < 4.78 is 18.1. The fourth-order valence-corrected chi connectivity index (χ4v) is 1.17. The fourth-order valence-electron chi connectivity index (χ4n) is 0.759. The largest absolute Gasteiger partial charge is 0.282 e. The predicted octanol–water partition coefficient (Wildman–Crippen LogP) is 1.63. The van der Waals surface area contributed by atoms with Crippen LogP contribution in [0.1, 0.15) is 5.56 Å². The van der Waals surface area contributed by atoms with E-state index in [2.05, 4.69) is 8.91 Å². The molecule has 0 aliphatic rings. The summed E-state index contributed by atoms with van der Waals surface area (Å²) in [7, 11) is 1.39. The Morgan fingerprint density at radius 2 is 1.92 bits per heavy atom. The topological polar surface area (TPSA) is 38.3 Å². The first-order chi connectivity index (χ1) is 5.72. The van der Waals surface area contributed by atoms with Crippen molar-refractivity contribution in [1.29, 1.82) is 0 Å². The molecule has 1 aromatic rings. The summed E-state index contributed by atoms with van der Waals surface area (Å²) in [4.78, 5) is 0. The molecule has 1 aromatic carbocycles. The third kappa shape index (κ3) is 2.64. The summed E-state index contributed by atoms with van der Waals surface area (Å²) in [6.07, 6.45) is 0. The molecule has 0 saturated heterocycles. The number of benzene rings is 1. The van der Waals surface area contributed by atoms with Gasteiger partial charge < -0.3 is 0 Å². The summed E-state index contributed by atoms with van der Waals surface area (Å²) in [5, 5.41) is 0. The molecule has 1 rings (SSSR count). The lowest BCUT2D eigenvalue weighted by Gasteiger charge is -2.02. The van der Waals surface area contributed by atoms with Gasteiger partial charge in [0.25, 0.3) is 11.3 Å². The van der Waals surface area contributed by atoms with Crippen molar-refractivity contribution < 1.29 is 8.39 Å². The number of hydrogen-bond acceptors (Lipinski definition) is 2. The van der Waals surface area contributed by atoms with Crippen molar-refractivity contribution in [3.63, 3.8) is 0 Å². The minimum Gasteiger partial charge on any atom is -0.282 e. The van der Waals surface area contributed by atoms with Gasteiger partial charge in [0.1, 0.15) is 0 Å². The third-order valence-electron chi connectivity index (χ3n) is 1.40. The van der Waals surface area contributed by atoms with Crippen molar-refractivity contribution >= 4 is 17.0 Å². The van der Waals surface area contributed by atoms with Crippen molar-refractivity contribution in [2.45, 2.75) is 6.92 Å². The Balaban J connectivity index is 2.64. The van der Waals surface area contributed by atoms with E-state index in [1.54, 1.807) is 0 Å². The van der Waals surface area contributed by atoms with Crippen LogP contribution in [0, 0.1) is 6.92 Å². The van der Waals surface area contributed by atoms with Crippen LogP contribution < -0.4 is 4.72 Å². The SMILES string of the molecule is COS(=O)Nc1ccc(C)cc1. The smallest absolute Gasteiger partial charge is 0.261 e. The zero-order valence-corrected chi connectivity index (χ0v) is 7.85. The molecule has 0 amide bonds. The lowest BCUT2D eigenvalue weighted by molar-refractivity contribution is 0.449. The molecule has 0 aliphatic heterocycles. The normalized spacial score (nSPS) is 12.5. The zero-order valence-electron chi connectivity index (χ0n) is 7.03. The highest BCUT2D eigenvalue weighted by atomic mass is 32.2. The number of anilines is 1. The highest BCUT2D eigenvalue weighted by molar-refractivity contribution is 7.81. The van der Waals surface area contributed by atoms with Crippen molar-refractivity contribution in [3.8, 4) is 0 Å². The van der Waals surface area contributed by atoms with Gasteiger partial charge in [-0.15, -0.1) is 0 Å². The number of hydrogen-bond donors (Lipinski definition) is 1. The van der Waals surface area contributed by atoms with Gasteiger partial charge in [-0.05, 0) is 19.1 Å². The molecule has 0 heterocycles. The molecule has 0 aliphatic carbocycles. The maximum absolute atomic E-state index is 10.8. The molecule has 12 heavy (non-hydrogen) atoms. The van der Waals surface area contributed by atoms with Gasteiger partial charge in [-0.2, -0.15) is 0 Å². The third-order valence-corrected chi connectivity index (χ3v) is 2.11. The van der Waals surface area contributed by atoms with Crippen LogP contribution in [0.4, 0.5) is 5.69 Å². The maximum Gasteiger partial charge on any atom is 0.261 e. The number of rotatable bonds is 3. The summed E-state index contributed by atoms with van der Waals surface area (Å²) in [5.74, 6) is 0. The molecule has 66 valence electrons. The van der Waals surface area contributed by atoms with E-state index in [4.69, 9.17) is 0 Å². The van der Waals surface area contributed by atoms with Crippen molar-refractivity contribution in [2.24, 2.45) is 0 Å². The fraction of sp³-hybridized carbons (Fsp3) is 0.250. The van der Waals surface area contributed by atoms with E-state index in [0.717, 1.165) is 5.69 Å². The van der Waals surface area contributed by atoms with E-state index in [-0.39, 0.29) is 0 Å². The first-order valence-corrected chi connectivity index (χ1v) is 4.59. The van der Waals surface area contributed by atoms with Crippen molar-refractivity contribution in [2.75, 3.05) is 11.8 Å². The Hall–Kier alpha value is -0.870. The highest BCUT2D eigenvalue weighted by Crippen LogP contribution is 2.08. The first-order valence-electron chi connectivity index (χ1n) is 3.52. The van der Waals surface area contributed by atoms with E-state index < -0.39 is 11.3 Å². The zero-order chi connectivity index (χ0) is 8.97. The Labute approximate surface area is 74.5 Å². The Kier molecular flexibility index (Phi) is 3.25. The van der Waals surface area contributed by atoms with Crippen molar-refractivity contribution in [1.82, 2.24) is 0 Å². The van der Waals surface area contributed by atoms with E-state index in [0.29, 0.717) is 0 Å². The van der Waals surface area contributed by atoms with Gasteiger partial charge in [0, 0.05) is 5.69 Å². The van der Waals surface area contributed by atoms with Crippen LogP contribution in [-0.4, -0.2) is 11.3 Å². The molecule has 0 aromatic heterocycles. The summed E-state index contributed by atoms with van der Waals surface area (Å²) in [5.41, 5.74) is 1.96. The minimum atomic E-state index is -1.43. The summed E-state index contributed by atoms with van der Waals surface area (Å²) >= 11 is -1.43. The quantitative estimate of drug-likeness (QED) is 0.777. The van der Waals surface area contributed by atoms with Gasteiger partial charge >= 0.3 is 0 Å². The molecule has 1 unspecified atom stereocenters. The lowest BCUT2D eigenvalue weighted by Crippen LogP contribution is -2.04. The molecular formula is C8H11NO2S. The van der Waals surface area contributed by atoms with E-state index in [1.807, 2.05) is 31.2 Å². The molecule has 4 heteroatoms. The van der Waals surface area contributed by atoms with E-state index >= 15 is 0 Å². The molecular weight excluding hydrogens is 174 g/mol. The van der Waals surface area contributed by atoms with Gasteiger partial charge in [0.2, 0.25) is 0 Å². The van der Waals surface area contributed by atoms with Crippen LogP contribution in [0.25, 0.3) is 0 Å². The first kappa shape index (κ1) is 9.22. The van der Waals surface area contributed by atoms with Crippen LogP contribution in [0.5, 0.6) is 0 Å². The van der Waals surface area contributed by atoms with Gasteiger partial charge in [0.15, 0.2) is 0 Å². The van der Waals surface area contributed by atoms with Gasteiger partial charge in [-0.25, -0.2) is 4.21 Å². The van der Waals surface area contributed by atoms with E-state index in [1.165, 1.54) is 12.7 Å². The summed E-state index contributed by atoms with van der Waals surface area (Å²) in [6, 6.07) is 7.59. The second-order valence-electron chi connectivity index (χ2n) is 2.37. The van der Waals surface area contributed by atoms with Gasteiger partial charge in [-0.3, -0.25) is 8.91 Å². The molecule has 0 spiro atoms. The Morgan fingerprint density at radius 1 is 1.33 bits per heavy atom. The van der Waals surface area contributed by atoms with Crippen LogP contribution in [0.3, 0.4) is 0 Å². The summed E-state index contributed by atoms with van der Waals surface area (Å²) in [6.45, 7) is 2.00. The number of aryl methyl sites for hydroxylation is 1. The molecule has 0 saturated carbocycles. The molecule has 0 bridgehead atoms. The van der Waals surface area contributed by atoms with Crippen LogP contribution in [-0.2, 0) is 15.4 Å². The molecule has 0 radical (unpaired) electrons. The second kappa shape index (κ2) is 4.23. The van der Waals surface area contributed by atoms with Crippen LogP contribution in [0.2, 0.25) is 0 Å². The minimum absolute atomic E-state index is 0.792. The molecule has 1 N–H and O–H groups in total. The predicted molar refractivity (Wildman–Crippen MR) is 50.0 cm³/mol.